The van der Waals surface area contributed by atoms with Crippen LogP contribution in [-0.2, 0) is 6.42 Å². The van der Waals surface area contributed by atoms with Crippen LogP contribution in [0, 0.1) is 23.5 Å². The lowest BCUT2D eigenvalue weighted by Crippen LogP contribution is -2.38. The van der Waals surface area contributed by atoms with Crippen LogP contribution in [0.1, 0.15) is 38.7 Å². The first-order valence-electron chi connectivity index (χ1n) is 7.29. The molecule has 0 aliphatic heterocycles. The number of benzene rings is 1. The largest absolute Gasteiger partial charge is 0.313 e. The summed E-state index contributed by atoms with van der Waals surface area (Å²) in [5, 5.41) is 3.52. The highest BCUT2D eigenvalue weighted by atomic mass is 19.1. The molecular formula is C16H23F2N. The van der Waals surface area contributed by atoms with E-state index in [9.17, 15) is 8.78 Å². The normalized spacial score (nSPS) is 18.3. The first kappa shape index (κ1) is 14.4. The van der Waals surface area contributed by atoms with Crippen LogP contribution >= 0.6 is 0 Å². The van der Waals surface area contributed by atoms with Gasteiger partial charge < -0.3 is 5.32 Å². The van der Waals surface area contributed by atoms with E-state index >= 15 is 0 Å². The van der Waals surface area contributed by atoms with Crippen molar-refractivity contribution in [3.8, 4) is 0 Å². The Morgan fingerprint density at radius 2 is 2.05 bits per heavy atom. The topological polar surface area (TPSA) is 12.0 Å². The molecule has 2 unspecified atom stereocenters. The summed E-state index contributed by atoms with van der Waals surface area (Å²) < 4.78 is 26.7. The summed E-state index contributed by atoms with van der Waals surface area (Å²) in [4.78, 5) is 0. The molecule has 1 aromatic carbocycles. The van der Waals surface area contributed by atoms with Gasteiger partial charge in [-0.25, -0.2) is 8.78 Å². The fourth-order valence-corrected chi connectivity index (χ4v) is 2.65. The van der Waals surface area contributed by atoms with Gasteiger partial charge in [-0.1, -0.05) is 19.9 Å². The molecule has 3 heteroatoms. The van der Waals surface area contributed by atoms with Crippen molar-refractivity contribution >= 4 is 0 Å². The molecular weight excluding hydrogens is 244 g/mol. The summed E-state index contributed by atoms with van der Waals surface area (Å²) >= 11 is 0. The number of rotatable bonds is 7. The van der Waals surface area contributed by atoms with Crippen LogP contribution in [-0.4, -0.2) is 12.6 Å². The van der Waals surface area contributed by atoms with Crippen molar-refractivity contribution in [2.24, 2.45) is 11.8 Å². The van der Waals surface area contributed by atoms with E-state index in [4.69, 9.17) is 0 Å². The standard InChI is InChI=1S/C16H23F2N/c1-3-8-19-16(11(2)12-4-5-12)9-13-6-7-14(17)10-15(13)18/h6-7,10-12,16,19H,3-5,8-9H2,1-2H3. The monoisotopic (exact) mass is 267 g/mol. The molecule has 1 fully saturated rings. The smallest absolute Gasteiger partial charge is 0.129 e. The Bertz CT molecular complexity index is 415. The second-order valence-electron chi connectivity index (χ2n) is 5.70. The van der Waals surface area contributed by atoms with Gasteiger partial charge in [0.2, 0.25) is 0 Å². The zero-order valence-corrected chi connectivity index (χ0v) is 11.8. The second kappa shape index (κ2) is 6.47. The molecule has 0 aromatic heterocycles. The van der Waals surface area contributed by atoms with E-state index in [0.29, 0.717) is 17.9 Å². The molecule has 2 rings (SSSR count). The van der Waals surface area contributed by atoms with Crippen LogP contribution in [0.25, 0.3) is 0 Å². The third-order valence-electron chi connectivity index (χ3n) is 4.11. The fourth-order valence-electron chi connectivity index (χ4n) is 2.65. The first-order chi connectivity index (χ1) is 9.11. The van der Waals surface area contributed by atoms with Crippen molar-refractivity contribution in [1.82, 2.24) is 5.32 Å². The SMILES string of the molecule is CCCNC(Cc1ccc(F)cc1F)C(C)C1CC1. The van der Waals surface area contributed by atoms with Gasteiger partial charge in [0.1, 0.15) is 11.6 Å². The lowest BCUT2D eigenvalue weighted by molar-refractivity contribution is 0.336. The van der Waals surface area contributed by atoms with E-state index in [2.05, 4.69) is 19.2 Å². The lowest BCUT2D eigenvalue weighted by atomic mass is 9.91. The van der Waals surface area contributed by atoms with Crippen molar-refractivity contribution in [1.29, 1.82) is 0 Å². The summed E-state index contributed by atoms with van der Waals surface area (Å²) in [6.07, 6.45) is 4.29. The van der Waals surface area contributed by atoms with Gasteiger partial charge in [-0.05, 0) is 55.7 Å². The van der Waals surface area contributed by atoms with Crippen molar-refractivity contribution in [2.75, 3.05) is 6.54 Å². The van der Waals surface area contributed by atoms with E-state index in [1.165, 1.54) is 18.9 Å². The summed E-state index contributed by atoms with van der Waals surface area (Å²) in [5.74, 6) is 0.398. The predicted octanol–water partition coefficient (Wildman–Crippen LogP) is 3.92. The maximum atomic E-state index is 13.7. The van der Waals surface area contributed by atoms with E-state index in [1.54, 1.807) is 6.07 Å². The molecule has 0 spiro atoms. The van der Waals surface area contributed by atoms with Gasteiger partial charge in [-0.15, -0.1) is 0 Å². The zero-order chi connectivity index (χ0) is 13.8. The van der Waals surface area contributed by atoms with Gasteiger partial charge in [0.05, 0.1) is 0 Å². The molecule has 1 aliphatic rings. The molecule has 1 aliphatic carbocycles. The number of hydrogen-bond acceptors (Lipinski definition) is 1. The highest BCUT2D eigenvalue weighted by Crippen LogP contribution is 2.39. The minimum Gasteiger partial charge on any atom is -0.313 e. The van der Waals surface area contributed by atoms with E-state index in [0.717, 1.165) is 24.9 Å². The summed E-state index contributed by atoms with van der Waals surface area (Å²) in [5.41, 5.74) is 0.613. The molecule has 2 atom stereocenters. The quantitative estimate of drug-likeness (QED) is 0.789. The molecule has 0 heterocycles. The van der Waals surface area contributed by atoms with E-state index < -0.39 is 11.6 Å². The Morgan fingerprint density at radius 3 is 2.63 bits per heavy atom. The van der Waals surface area contributed by atoms with E-state index in [1.807, 2.05) is 0 Å². The predicted molar refractivity (Wildman–Crippen MR) is 74.0 cm³/mol. The minimum atomic E-state index is -0.505. The Kier molecular flexibility index (Phi) is 4.92. The molecule has 1 saturated carbocycles. The Balaban J connectivity index is 2.05. The van der Waals surface area contributed by atoms with Crippen molar-refractivity contribution < 1.29 is 8.78 Å². The first-order valence-corrected chi connectivity index (χ1v) is 7.29. The van der Waals surface area contributed by atoms with Gasteiger partial charge in [0.15, 0.2) is 0 Å². The molecule has 1 N–H and O–H groups in total. The van der Waals surface area contributed by atoms with Crippen LogP contribution in [0.2, 0.25) is 0 Å². The lowest BCUT2D eigenvalue weighted by Gasteiger charge is -2.25. The third kappa shape index (κ3) is 4.00. The molecule has 19 heavy (non-hydrogen) atoms. The highest BCUT2D eigenvalue weighted by molar-refractivity contribution is 5.20. The second-order valence-corrected chi connectivity index (χ2v) is 5.70. The highest BCUT2D eigenvalue weighted by Gasteiger charge is 2.33. The Morgan fingerprint density at radius 1 is 1.32 bits per heavy atom. The number of hydrogen-bond donors (Lipinski definition) is 1. The van der Waals surface area contributed by atoms with Crippen LogP contribution < -0.4 is 5.32 Å². The zero-order valence-electron chi connectivity index (χ0n) is 11.8. The van der Waals surface area contributed by atoms with Crippen molar-refractivity contribution in [2.45, 2.75) is 45.6 Å². The van der Waals surface area contributed by atoms with Gasteiger partial charge >= 0.3 is 0 Å². The van der Waals surface area contributed by atoms with Crippen LogP contribution in [0.15, 0.2) is 18.2 Å². The molecule has 0 bridgehead atoms. The van der Waals surface area contributed by atoms with Crippen molar-refractivity contribution in [3.05, 3.63) is 35.4 Å². The Hall–Kier alpha value is -0.960. The van der Waals surface area contributed by atoms with Crippen LogP contribution in [0.5, 0.6) is 0 Å². The van der Waals surface area contributed by atoms with Crippen LogP contribution in [0.3, 0.4) is 0 Å². The molecule has 0 saturated heterocycles. The maximum absolute atomic E-state index is 13.7. The summed E-state index contributed by atoms with van der Waals surface area (Å²) in [6.45, 7) is 5.32. The van der Waals surface area contributed by atoms with Crippen molar-refractivity contribution in [3.63, 3.8) is 0 Å². The molecule has 106 valence electrons. The fraction of sp³-hybridized carbons (Fsp3) is 0.625. The minimum absolute atomic E-state index is 0.285. The van der Waals surface area contributed by atoms with Crippen LogP contribution in [0.4, 0.5) is 8.78 Å². The molecule has 1 nitrogen and oxygen atoms in total. The third-order valence-corrected chi connectivity index (χ3v) is 4.11. The Labute approximate surface area is 114 Å². The number of halogens is 2. The summed E-state index contributed by atoms with van der Waals surface area (Å²) in [6, 6.07) is 4.18. The molecule has 1 aromatic rings. The maximum Gasteiger partial charge on any atom is 0.129 e. The van der Waals surface area contributed by atoms with Gasteiger partial charge in [0.25, 0.3) is 0 Å². The van der Waals surface area contributed by atoms with Gasteiger partial charge in [-0.2, -0.15) is 0 Å². The molecule has 0 radical (unpaired) electrons. The van der Waals surface area contributed by atoms with Gasteiger partial charge in [-0.3, -0.25) is 0 Å². The average Bonchev–Trinajstić information content (AvgIpc) is 3.20. The number of nitrogens with one attached hydrogen (secondary N) is 1. The van der Waals surface area contributed by atoms with Gasteiger partial charge in [0, 0.05) is 12.1 Å². The molecule has 0 amide bonds. The van der Waals surface area contributed by atoms with E-state index in [-0.39, 0.29) is 6.04 Å². The summed E-state index contributed by atoms with van der Waals surface area (Å²) in [7, 11) is 0. The average molecular weight is 267 g/mol.